The smallest absolute Gasteiger partial charge is 0.251 e. The molecule has 0 saturated carbocycles. The Balaban J connectivity index is 2.85. The number of carbonyl (C=O) groups is 1. The van der Waals surface area contributed by atoms with E-state index in [0.717, 1.165) is 6.42 Å². The lowest BCUT2D eigenvalue weighted by Gasteiger charge is -2.24. The number of nitrogens with one attached hydrogen (secondary N) is 1. The Morgan fingerprint density at radius 1 is 1.50 bits per heavy atom. The lowest BCUT2D eigenvalue weighted by molar-refractivity contribution is 0.0911. The van der Waals surface area contributed by atoms with Crippen LogP contribution in [0.3, 0.4) is 0 Å². The molecule has 0 aliphatic rings. The number of benzene rings is 1. The first-order chi connectivity index (χ1) is 7.35. The molecule has 0 fully saturated rings. The highest BCUT2D eigenvalue weighted by atomic mass is 35.5. The maximum Gasteiger partial charge on any atom is 0.251 e. The lowest BCUT2D eigenvalue weighted by Crippen LogP contribution is -2.42. The molecule has 0 heterocycles. The minimum atomic E-state index is -0.217. The largest absolute Gasteiger partial charge is 0.398 e. The summed E-state index contributed by atoms with van der Waals surface area (Å²) in [5, 5.41) is 3.40. The van der Waals surface area contributed by atoms with Crippen molar-refractivity contribution in [2.24, 2.45) is 0 Å². The van der Waals surface area contributed by atoms with Gasteiger partial charge in [0.2, 0.25) is 0 Å². The summed E-state index contributed by atoms with van der Waals surface area (Å²) in [5.41, 5.74) is 6.38. The number of nitrogens with two attached hydrogens (primary N) is 1. The van der Waals surface area contributed by atoms with Crippen molar-refractivity contribution >= 4 is 23.2 Å². The van der Waals surface area contributed by atoms with Crippen molar-refractivity contribution in [1.29, 1.82) is 0 Å². The van der Waals surface area contributed by atoms with Gasteiger partial charge in [0.15, 0.2) is 0 Å². The molecule has 1 rings (SSSR count). The fourth-order valence-electron chi connectivity index (χ4n) is 1.15. The van der Waals surface area contributed by atoms with Crippen molar-refractivity contribution in [2.75, 3.05) is 5.73 Å². The van der Waals surface area contributed by atoms with Crippen LogP contribution in [0.4, 0.5) is 5.69 Å². The molecule has 1 aromatic carbocycles. The van der Waals surface area contributed by atoms with Crippen LogP contribution < -0.4 is 11.1 Å². The van der Waals surface area contributed by atoms with E-state index in [4.69, 9.17) is 17.3 Å². The molecule has 1 amide bonds. The maximum absolute atomic E-state index is 11.9. The van der Waals surface area contributed by atoms with E-state index in [1.54, 1.807) is 18.2 Å². The second kappa shape index (κ2) is 4.74. The van der Waals surface area contributed by atoms with E-state index >= 15 is 0 Å². The summed E-state index contributed by atoms with van der Waals surface area (Å²) in [4.78, 5) is 11.9. The first kappa shape index (κ1) is 12.8. The topological polar surface area (TPSA) is 55.1 Å². The summed E-state index contributed by atoms with van der Waals surface area (Å²) >= 11 is 5.79. The van der Waals surface area contributed by atoms with Crippen LogP contribution in [0, 0.1) is 0 Å². The van der Waals surface area contributed by atoms with Crippen LogP contribution in [0.2, 0.25) is 5.02 Å². The molecule has 88 valence electrons. The SMILES string of the molecule is CCC(C)(C)NC(=O)c1ccc(Cl)c(N)c1. The van der Waals surface area contributed by atoms with Crippen molar-refractivity contribution in [2.45, 2.75) is 32.7 Å². The van der Waals surface area contributed by atoms with E-state index < -0.39 is 0 Å². The number of anilines is 1. The highest BCUT2D eigenvalue weighted by Crippen LogP contribution is 2.20. The van der Waals surface area contributed by atoms with Gasteiger partial charge >= 0.3 is 0 Å². The van der Waals surface area contributed by atoms with Gasteiger partial charge in [0.05, 0.1) is 10.7 Å². The molecule has 0 unspecified atom stereocenters. The third kappa shape index (κ3) is 3.14. The van der Waals surface area contributed by atoms with Crippen LogP contribution in [0.25, 0.3) is 0 Å². The summed E-state index contributed by atoms with van der Waals surface area (Å²) in [6.45, 7) is 5.98. The van der Waals surface area contributed by atoms with E-state index in [-0.39, 0.29) is 11.4 Å². The van der Waals surface area contributed by atoms with Gasteiger partial charge < -0.3 is 11.1 Å². The van der Waals surface area contributed by atoms with Crippen LogP contribution >= 0.6 is 11.6 Å². The molecule has 0 aromatic heterocycles. The molecule has 0 aliphatic heterocycles. The van der Waals surface area contributed by atoms with Crippen LogP contribution in [-0.4, -0.2) is 11.4 Å². The Hall–Kier alpha value is -1.22. The first-order valence-electron chi connectivity index (χ1n) is 5.23. The molecule has 0 radical (unpaired) electrons. The molecule has 0 aliphatic carbocycles. The summed E-state index contributed by atoms with van der Waals surface area (Å²) in [7, 11) is 0. The van der Waals surface area contributed by atoms with E-state index in [2.05, 4.69) is 5.32 Å². The Kier molecular flexibility index (Phi) is 3.81. The Labute approximate surface area is 101 Å². The molecule has 0 saturated heterocycles. The average Bonchev–Trinajstić information content (AvgIpc) is 2.21. The Morgan fingerprint density at radius 3 is 2.62 bits per heavy atom. The molecule has 0 atom stereocenters. The molecule has 3 N–H and O–H groups in total. The molecular formula is C12H17ClN2O. The molecule has 16 heavy (non-hydrogen) atoms. The molecule has 1 aromatic rings. The van der Waals surface area contributed by atoms with Gasteiger partial charge in [0, 0.05) is 11.1 Å². The molecule has 3 nitrogen and oxygen atoms in total. The van der Waals surface area contributed by atoms with E-state index in [1.165, 1.54) is 0 Å². The zero-order chi connectivity index (χ0) is 12.3. The monoisotopic (exact) mass is 240 g/mol. The Morgan fingerprint density at radius 2 is 2.12 bits per heavy atom. The van der Waals surface area contributed by atoms with Crippen LogP contribution in [-0.2, 0) is 0 Å². The maximum atomic E-state index is 11.9. The summed E-state index contributed by atoms with van der Waals surface area (Å²) < 4.78 is 0. The number of hydrogen-bond acceptors (Lipinski definition) is 2. The zero-order valence-corrected chi connectivity index (χ0v) is 10.6. The number of carbonyl (C=O) groups excluding carboxylic acids is 1. The predicted octanol–water partition coefficient (Wildman–Crippen LogP) is 2.84. The second-order valence-corrected chi connectivity index (χ2v) is 4.84. The van der Waals surface area contributed by atoms with Gasteiger partial charge in [0.25, 0.3) is 5.91 Å². The zero-order valence-electron chi connectivity index (χ0n) is 9.80. The van der Waals surface area contributed by atoms with Crippen LogP contribution in [0.15, 0.2) is 18.2 Å². The fraction of sp³-hybridized carbons (Fsp3) is 0.417. The van der Waals surface area contributed by atoms with Gasteiger partial charge in [-0.3, -0.25) is 4.79 Å². The number of hydrogen-bond donors (Lipinski definition) is 2. The van der Waals surface area contributed by atoms with Crippen molar-refractivity contribution < 1.29 is 4.79 Å². The third-order valence-electron chi connectivity index (χ3n) is 2.59. The van der Waals surface area contributed by atoms with E-state index in [9.17, 15) is 4.79 Å². The number of halogens is 1. The quantitative estimate of drug-likeness (QED) is 0.799. The number of amides is 1. The highest BCUT2D eigenvalue weighted by Gasteiger charge is 2.18. The normalized spacial score (nSPS) is 11.2. The van der Waals surface area contributed by atoms with Gasteiger partial charge in [-0.1, -0.05) is 18.5 Å². The summed E-state index contributed by atoms with van der Waals surface area (Å²) in [6.07, 6.45) is 0.863. The minimum Gasteiger partial charge on any atom is -0.398 e. The van der Waals surface area contributed by atoms with Gasteiger partial charge in [-0.2, -0.15) is 0 Å². The lowest BCUT2D eigenvalue weighted by atomic mass is 10.0. The van der Waals surface area contributed by atoms with Crippen molar-refractivity contribution in [1.82, 2.24) is 5.32 Å². The second-order valence-electron chi connectivity index (χ2n) is 4.43. The van der Waals surface area contributed by atoms with Gasteiger partial charge in [-0.25, -0.2) is 0 Å². The van der Waals surface area contributed by atoms with Gasteiger partial charge in [-0.15, -0.1) is 0 Å². The van der Waals surface area contributed by atoms with Crippen LogP contribution in [0.1, 0.15) is 37.6 Å². The van der Waals surface area contributed by atoms with E-state index in [1.807, 2.05) is 20.8 Å². The Bertz CT molecular complexity index is 402. The summed E-state index contributed by atoms with van der Waals surface area (Å²) in [5.74, 6) is -0.129. The van der Waals surface area contributed by atoms with Crippen molar-refractivity contribution in [3.63, 3.8) is 0 Å². The van der Waals surface area contributed by atoms with E-state index in [0.29, 0.717) is 16.3 Å². The molecule has 4 heteroatoms. The number of nitrogen functional groups attached to an aromatic ring is 1. The minimum absolute atomic E-state index is 0.129. The van der Waals surface area contributed by atoms with Crippen molar-refractivity contribution in [3.05, 3.63) is 28.8 Å². The third-order valence-corrected chi connectivity index (χ3v) is 2.94. The van der Waals surface area contributed by atoms with Gasteiger partial charge in [0.1, 0.15) is 0 Å². The van der Waals surface area contributed by atoms with Crippen LogP contribution in [0.5, 0.6) is 0 Å². The molecule has 0 spiro atoms. The fourth-order valence-corrected chi connectivity index (χ4v) is 1.27. The average molecular weight is 241 g/mol. The number of rotatable bonds is 3. The summed E-state index contributed by atoms with van der Waals surface area (Å²) in [6, 6.07) is 4.88. The predicted molar refractivity (Wildman–Crippen MR) is 67.7 cm³/mol. The highest BCUT2D eigenvalue weighted by molar-refractivity contribution is 6.33. The standard InChI is InChI=1S/C12H17ClN2O/c1-4-12(2,3)15-11(16)8-5-6-9(13)10(14)7-8/h5-7H,4,14H2,1-3H3,(H,15,16). The van der Waals surface area contributed by atoms with Gasteiger partial charge in [-0.05, 0) is 38.5 Å². The van der Waals surface area contributed by atoms with Crippen molar-refractivity contribution in [3.8, 4) is 0 Å². The first-order valence-corrected chi connectivity index (χ1v) is 5.61. The molecular weight excluding hydrogens is 224 g/mol. The molecule has 0 bridgehead atoms.